The molecule has 1 unspecified atom stereocenters. The molecule has 1 aromatic carbocycles. The highest BCUT2D eigenvalue weighted by molar-refractivity contribution is 5.93. The van der Waals surface area contributed by atoms with E-state index in [1.54, 1.807) is 17.3 Å². The lowest BCUT2D eigenvalue weighted by Gasteiger charge is -2.19. The minimum atomic E-state index is -0.656. The van der Waals surface area contributed by atoms with E-state index in [1.165, 1.54) is 6.07 Å². The number of hydrazone groups is 1. The number of pyridine rings is 1. The van der Waals surface area contributed by atoms with Gasteiger partial charge in [0.2, 0.25) is 0 Å². The lowest BCUT2D eigenvalue weighted by atomic mass is 9.99. The second kappa shape index (κ2) is 5.02. The molecule has 0 aliphatic carbocycles. The van der Waals surface area contributed by atoms with E-state index in [-0.39, 0.29) is 16.8 Å². The topological polar surface area (TPSA) is 102 Å². The van der Waals surface area contributed by atoms with Gasteiger partial charge in [0.05, 0.1) is 11.7 Å². The molecule has 7 nitrogen and oxygen atoms in total. The maximum Gasteiger partial charge on any atom is 0.266 e. The number of hydrogen-bond donors (Lipinski definition) is 2. The van der Waals surface area contributed by atoms with Crippen LogP contribution in [0.5, 0.6) is 11.5 Å². The van der Waals surface area contributed by atoms with Crippen molar-refractivity contribution >= 4 is 17.1 Å². The molecule has 0 spiro atoms. The lowest BCUT2D eigenvalue weighted by Crippen LogP contribution is -2.32. The maximum atomic E-state index is 11.8. The Morgan fingerprint density at radius 3 is 2.91 bits per heavy atom. The van der Waals surface area contributed by atoms with Gasteiger partial charge in [0, 0.05) is 31.5 Å². The minimum absolute atomic E-state index is 0.0236. The molecule has 0 amide bonds. The van der Waals surface area contributed by atoms with Crippen LogP contribution in [0.1, 0.15) is 18.1 Å². The van der Waals surface area contributed by atoms with Crippen LogP contribution >= 0.6 is 0 Å². The van der Waals surface area contributed by atoms with Crippen LogP contribution in [0, 0.1) is 11.3 Å². The van der Waals surface area contributed by atoms with Crippen LogP contribution in [0.3, 0.4) is 0 Å². The highest BCUT2D eigenvalue weighted by Crippen LogP contribution is 2.42. The Bertz CT molecular complexity index is 924. The summed E-state index contributed by atoms with van der Waals surface area (Å²) >= 11 is 0. The van der Waals surface area contributed by atoms with Gasteiger partial charge in [-0.3, -0.25) is 4.79 Å². The summed E-state index contributed by atoms with van der Waals surface area (Å²) in [7, 11) is 3.63. The number of aromatic hydroxyl groups is 1. The molecule has 1 aliphatic rings. The SMILES string of the molecule is CN(C)/N=C/C1(C)Cc2cc(O)c3[nH]c(=O)c(C#N)cc3c2O1. The molecule has 0 bridgehead atoms. The molecule has 0 fully saturated rings. The first kappa shape index (κ1) is 14.9. The molecule has 2 aromatic rings. The number of H-pyrrole nitrogens is 1. The average molecular weight is 312 g/mol. The summed E-state index contributed by atoms with van der Waals surface area (Å²) in [6.07, 6.45) is 2.23. The molecule has 2 N–H and O–H groups in total. The fourth-order valence-electron chi connectivity index (χ4n) is 2.68. The van der Waals surface area contributed by atoms with Gasteiger partial charge in [-0.05, 0) is 19.1 Å². The molecular weight excluding hydrogens is 296 g/mol. The van der Waals surface area contributed by atoms with Crippen molar-refractivity contribution in [2.24, 2.45) is 5.10 Å². The van der Waals surface area contributed by atoms with E-state index in [0.29, 0.717) is 17.6 Å². The Labute approximate surface area is 132 Å². The van der Waals surface area contributed by atoms with Gasteiger partial charge in [-0.2, -0.15) is 10.4 Å². The molecule has 1 aliphatic heterocycles. The monoisotopic (exact) mass is 312 g/mol. The molecule has 3 rings (SSSR count). The summed E-state index contributed by atoms with van der Waals surface area (Å²) in [4.78, 5) is 14.3. The molecule has 7 heteroatoms. The second-order valence-electron chi connectivity index (χ2n) is 5.98. The fraction of sp³-hybridized carbons (Fsp3) is 0.312. The zero-order valence-corrected chi connectivity index (χ0v) is 13.0. The number of aromatic amines is 1. The van der Waals surface area contributed by atoms with E-state index >= 15 is 0 Å². The third kappa shape index (κ3) is 2.48. The van der Waals surface area contributed by atoms with E-state index in [0.717, 1.165) is 5.56 Å². The molecule has 1 aromatic heterocycles. The zero-order chi connectivity index (χ0) is 16.8. The van der Waals surface area contributed by atoms with Crippen LogP contribution in [0.15, 0.2) is 22.0 Å². The molecule has 0 saturated heterocycles. The van der Waals surface area contributed by atoms with Crippen LogP contribution in [-0.4, -0.2) is 41.0 Å². The Morgan fingerprint density at radius 2 is 2.26 bits per heavy atom. The molecule has 0 radical (unpaired) electrons. The van der Waals surface area contributed by atoms with Crippen LogP contribution in [0.4, 0.5) is 0 Å². The average Bonchev–Trinajstić information content (AvgIpc) is 2.82. The Morgan fingerprint density at radius 1 is 1.52 bits per heavy atom. The fourth-order valence-corrected chi connectivity index (χ4v) is 2.68. The number of ether oxygens (including phenoxy) is 1. The number of nitriles is 1. The van der Waals surface area contributed by atoms with Gasteiger partial charge in [0.15, 0.2) is 0 Å². The van der Waals surface area contributed by atoms with Crippen molar-refractivity contribution in [3.63, 3.8) is 0 Å². The Hall–Kier alpha value is -3.01. The quantitative estimate of drug-likeness (QED) is 0.644. The number of nitrogens with one attached hydrogen (secondary N) is 1. The summed E-state index contributed by atoms with van der Waals surface area (Å²) in [5, 5.41) is 25.6. The van der Waals surface area contributed by atoms with E-state index in [1.807, 2.05) is 27.1 Å². The van der Waals surface area contributed by atoms with Gasteiger partial charge in [-0.15, -0.1) is 0 Å². The first-order valence-corrected chi connectivity index (χ1v) is 7.06. The standard InChI is InChI=1S/C16H16N4O3/c1-16(8-18-20(2)3)6-9-5-12(21)13-11(14(9)23-16)4-10(7-17)15(22)19-13/h4-5,8,21H,6H2,1-3H3,(H,19,22)/b18-8+. The Kier molecular flexibility index (Phi) is 3.25. The van der Waals surface area contributed by atoms with Crippen LogP contribution in [-0.2, 0) is 6.42 Å². The van der Waals surface area contributed by atoms with Gasteiger partial charge in [-0.25, -0.2) is 0 Å². The molecule has 118 valence electrons. The predicted octanol–water partition coefficient (Wildman–Crippen LogP) is 1.35. The number of fused-ring (bicyclic) bond motifs is 3. The number of aromatic nitrogens is 1. The molecule has 1 atom stereocenters. The number of nitrogens with zero attached hydrogens (tertiary/aromatic N) is 3. The van der Waals surface area contributed by atoms with Crippen LogP contribution < -0.4 is 10.3 Å². The number of benzene rings is 1. The van der Waals surface area contributed by atoms with Gasteiger partial charge >= 0.3 is 0 Å². The zero-order valence-electron chi connectivity index (χ0n) is 13.0. The van der Waals surface area contributed by atoms with Crippen molar-refractivity contribution in [1.29, 1.82) is 5.26 Å². The van der Waals surface area contributed by atoms with Crippen molar-refractivity contribution in [2.75, 3.05) is 14.1 Å². The summed E-state index contributed by atoms with van der Waals surface area (Å²) < 4.78 is 6.03. The predicted molar refractivity (Wildman–Crippen MR) is 85.9 cm³/mol. The largest absolute Gasteiger partial charge is 0.506 e. The van der Waals surface area contributed by atoms with Crippen molar-refractivity contribution in [3.05, 3.63) is 33.6 Å². The summed E-state index contributed by atoms with van der Waals surface area (Å²) in [5.41, 5.74) is -0.147. The van der Waals surface area contributed by atoms with E-state index in [9.17, 15) is 9.90 Å². The molecule has 2 heterocycles. The molecule has 0 saturated carbocycles. The number of phenols is 1. The third-order valence-corrected chi connectivity index (χ3v) is 3.70. The lowest BCUT2D eigenvalue weighted by molar-refractivity contribution is 0.197. The van der Waals surface area contributed by atoms with Crippen LogP contribution in [0.25, 0.3) is 10.9 Å². The van der Waals surface area contributed by atoms with Gasteiger partial charge in [0.25, 0.3) is 5.56 Å². The molecular formula is C16H16N4O3. The smallest absolute Gasteiger partial charge is 0.266 e. The maximum absolute atomic E-state index is 11.8. The third-order valence-electron chi connectivity index (χ3n) is 3.70. The highest BCUT2D eigenvalue weighted by Gasteiger charge is 2.35. The summed E-state index contributed by atoms with van der Waals surface area (Å²) in [6.45, 7) is 1.89. The Balaban J connectivity index is 2.18. The van der Waals surface area contributed by atoms with Crippen molar-refractivity contribution in [3.8, 4) is 17.6 Å². The van der Waals surface area contributed by atoms with E-state index in [4.69, 9.17) is 10.00 Å². The summed E-state index contributed by atoms with van der Waals surface area (Å²) in [6, 6.07) is 4.87. The number of phenolic OH excluding ortho intramolecular Hbond substituents is 1. The normalized spacial score (nSPS) is 19.6. The highest BCUT2D eigenvalue weighted by atomic mass is 16.5. The van der Waals surface area contributed by atoms with Crippen LogP contribution in [0.2, 0.25) is 0 Å². The minimum Gasteiger partial charge on any atom is -0.506 e. The van der Waals surface area contributed by atoms with Crippen molar-refractivity contribution in [2.45, 2.75) is 18.9 Å². The summed E-state index contributed by atoms with van der Waals surface area (Å²) in [5.74, 6) is 0.510. The van der Waals surface area contributed by atoms with Crippen molar-refractivity contribution < 1.29 is 9.84 Å². The molecule has 23 heavy (non-hydrogen) atoms. The van der Waals surface area contributed by atoms with Crippen molar-refractivity contribution in [1.82, 2.24) is 9.99 Å². The first-order chi connectivity index (χ1) is 10.8. The van der Waals surface area contributed by atoms with E-state index < -0.39 is 11.2 Å². The van der Waals surface area contributed by atoms with Gasteiger partial charge < -0.3 is 19.8 Å². The van der Waals surface area contributed by atoms with Gasteiger partial charge in [0.1, 0.15) is 28.7 Å². The first-order valence-electron chi connectivity index (χ1n) is 7.06. The number of hydrogen-bond acceptors (Lipinski definition) is 6. The van der Waals surface area contributed by atoms with Gasteiger partial charge in [-0.1, -0.05) is 0 Å². The van der Waals surface area contributed by atoms with E-state index in [2.05, 4.69) is 10.1 Å². The second-order valence-corrected chi connectivity index (χ2v) is 5.98. The number of rotatable bonds is 2.